The first-order valence-electron chi connectivity index (χ1n) is 13.2. The van der Waals surface area contributed by atoms with Crippen molar-refractivity contribution in [3.63, 3.8) is 0 Å². The second kappa shape index (κ2) is 11.2. The predicted octanol–water partition coefficient (Wildman–Crippen LogP) is 4.79. The Morgan fingerprint density at radius 1 is 0.769 bits per heavy atom. The van der Waals surface area contributed by atoms with Gasteiger partial charge in [0.05, 0.1) is 24.2 Å². The maximum atomic E-state index is 5.48. The maximum Gasteiger partial charge on any atom is 0.141 e. The lowest BCUT2D eigenvalue weighted by Crippen LogP contribution is -2.36. The van der Waals surface area contributed by atoms with E-state index in [4.69, 9.17) is 4.74 Å². The summed E-state index contributed by atoms with van der Waals surface area (Å²) in [7, 11) is 4.12. The fourth-order valence-corrected chi connectivity index (χ4v) is 4.82. The number of benzene rings is 3. The molecule has 0 spiro atoms. The molecule has 1 aliphatic rings. The Bertz CT molecular complexity index is 1580. The Morgan fingerprint density at radius 3 is 2.03 bits per heavy atom. The van der Waals surface area contributed by atoms with Gasteiger partial charge in [0.1, 0.15) is 24.3 Å². The van der Waals surface area contributed by atoms with Crippen LogP contribution in [-0.2, 0) is 4.74 Å². The Balaban J connectivity index is 1.29. The number of anilines is 4. The summed E-state index contributed by atoms with van der Waals surface area (Å²) in [5.74, 6) is 1.62. The number of hydrogen-bond acceptors (Lipinski definition) is 9. The molecule has 3 aromatic carbocycles. The lowest BCUT2D eigenvalue weighted by atomic mass is 10.0. The molecule has 0 bridgehead atoms. The third-order valence-corrected chi connectivity index (χ3v) is 6.96. The third-order valence-electron chi connectivity index (χ3n) is 6.96. The van der Waals surface area contributed by atoms with E-state index < -0.39 is 0 Å². The highest BCUT2D eigenvalue weighted by Gasteiger charge is 2.12. The lowest BCUT2D eigenvalue weighted by Gasteiger charge is -2.28. The average Bonchev–Trinajstić information content (AvgIpc) is 2.98. The molecular weight excluding hydrogens is 488 g/mol. The van der Waals surface area contributed by atoms with Gasteiger partial charge in [0.25, 0.3) is 0 Å². The van der Waals surface area contributed by atoms with Crippen LogP contribution in [0.5, 0.6) is 0 Å². The van der Waals surface area contributed by atoms with Crippen LogP contribution in [0.3, 0.4) is 0 Å². The fraction of sp³-hybridized carbons (Fsp3) is 0.267. The zero-order valence-corrected chi connectivity index (χ0v) is 22.3. The quantitative estimate of drug-likeness (QED) is 0.300. The first-order chi connectivity index (χ1) is 19.1. The van der Waals surface area contributed by atoms with Gasteiger partial charge in [-0.1, -0.05) is 12.1 Å². The first-order valence-corrected chi connectivity index (χ1v) is 13.2. The molecule has 1 aliphatic heterocycles. The van der Waals surface area contributed by atoms with Crippen LogP contribution < -0.4 is 15.5 Å². The summed E-state index contributed by atoms with van der Waals surface area (Å²) >= 11 is 0. The van der Waals surface area contributed by atoms with Crippen molar-refractivity contribution in [3.8, 4) is 11.1 Å². The average molecular weight is 521 g/mol. The van der Waals surface area contributed by atoms with Crippen molar-refractivity contribution in [2.75, 3.05) is 69.0 Å². The Hall–Kier alpha value is -4.34. The van der Waals surface area contributed by atoms with Crippen molar-refractivity contribution in [3.05, 3.63) is 73.3 Å². The van der Waals surface area contributed by atoms with Crippen LogP contribution >= 0.6 is 0 Å². The molecule has 2 aromatic heterocycles. The maximum absolute atomic E-state index is 5.48. The van der Waals surface area contributed by atoms with E-state index in [9.17, 15) is 0 Å². The van der Waals surface area contributed by atoms with Gasteiger partial charge >= 0.3 is 0 Å². The molecule has 39 heavy (non-hydrogen) atoms. The highest BCUT2D eigenvalue weighted by Crippen LogP contribution is 2.31. The normalized spacial score (nSPS) is 13.8. The summed E-state index contributed by atoms with van der Waals surface area (Å²) in [6.45, 7) is 5.10. The van der Waals surface area contributed by atoms with Gasteiger partial charge in [-0.25, -0.2) is 19.9 Å². The summed E-state index contributed by atoms with van der Waals surface area (Å²) in [6, 6.07) is 21.0. The van der Waals surface area contributed by atoms with E-state index in [-0.39, 0.29) is 0 Å². The number of nitrogens with one attached hydrogen (secondary N) is 2. The van der Waals surface area contributed by atoms with Crippen LogP contribution in [0.1, 0.15) is 0 Å². The molecule has 0 aliphatic carbocycles. The summed E-state index contributed by atoms with van der Waals surface area (Å²) in [4.78, 5) is 22.5. The van der Waals surface area contributed by atoms with E-state index in [2.05, 4.69) is 103 Å². The second-order valence-corrected chi connectivity index (χ2v) is 9.91. The number of aromatic nitrogens is 4. The van der Waals surface area contributed by atoms with Crippen LogP contribution in [-0.4, -0.2) is 78.3 Å². The molecule has 6 rings (SSSR count). The second-order valence-electron chi connectivity index (χ2n) is 9.91. The molecule has 5 aromatic rings. The predicted molar refractivity (Wildman–Crippen MR) is 158 cm³/mol. The van der Waals surface area contributed by atoms with E-state index in [1.165, 1.54) is 5.69 Å². The number of rotatable bonds is 8. The fourth-order valence-electron chi connectivity index (χ4n) is 4.82. The van der Waals surface area contributed by atoms with Crippen LogP contribution in [0.4, 0.5) is 23.0 Å². The van der Waals surface area contributed by atoms with E-state index in [0.29, 0.717) is 0 Å². The van der Waals surface area contributed by atoms with Crippen LogP contribution in [0.25, 0.3) is 32.9 Å². The molecule has 2 N–H and O–H groups in total. The largest absolute Gasteiger partial charge is 0.378 e. The summed E-state index contributed by atoms with van der Waals surface area (Å²) in [5.41, 5.74) is 6.14. The Morgan fingerprint density at radius 2 is 1.38 bits per heavy atom. The number of hydrogen-bond donors (Lipinski definition) is 2. The zero-order valence-electron chi connectivity index (χ0n) is 22.3. The van der Waals surface area contributed by atoms with Crippen molar-refractivity contribution in [2.24, 2.45) is 0 Å². The smallest absolute Gasteiger partial charge is 0.141 e. The molecule has 9 nitrogen and oxygen atoms in total. The minimum Gasteiger partial charge on any atom is -0.378 e. The van der Waals surface area contributed by atoms with Gasteiger partial charge in [0.2, 0.25) is 0 Å². The minimum atomic E-state index is 0.772. The number of morpholine rings is 1. The summed E-state index contributed by atoms with van der Waals surface area (Å²) in [6.07, 6.45) is 3.21. The van der Waals surface area contributed by atoms with Crippen molar-refractivity contribution < 1.29 is 4.74 Å². The number of fused-ring (bicyclic) bond motifs is 2. The molecule has 0 unspecified atom stereocenters. The minimum absolute atomic E-state index is 0.772. The van der Waals surface area contributed by atoms with Gasteiger partial charge in [-0.3, -0.25) is 0 Å². The van der Waals surface area contributed by atoms with Crippen molar-refractivity contribution >= 4 is 44.8 Å². The topological polar surface area (TPSA) is 91.3 Å². The van der Waals surface area contributed by atoms with Gasteiger partial charge in [-0.15, -0.1) is 0 Å². The van der Waals surface area contributed by atoms with Crippen LogP contribution in [0.2, 0.25) is 0 Å². The molecule has 0 amide bonds. The lowest BCUT2D eigenvalue weighted by molar-refractivity contribution is 0.122. The highest BCUT2D eigenvalue weighted by atomic mass is 16.5. The number of nitrogens with zero attached hydrogens (tertiary/aromatic N) is 6. The first kappa shape index (κ1) is 25.0. The molecule has 1 saturated heterocycles. The van der Waals surface area contributed by atoms with E-state index in [1.807, 2.05) is 12.1 Å². The van der Waals surface area contributed by atoms with Crippen LogP contribution in [0, 0.1) is 0 Å². The van der Waals surface area contributed by atoms with Gasteiger partial charge < -0.3 is 25.2 Å². The molecule has 1 fully saturated rings. The van der Waals surface area contributed by atoms with E-state index >= 15 is 0 Å². The van der Waals surface area contributed by atoms with Gasteiger partial charge in [-0.2, -0.15) is 0 Å². The summed E-state index contributed by atoms with van der Waals surface area (Å²) < 4.78 is 5.48. The number of ether oxygens (including phenoxy) is 1. The summed E-state index contributed by atoms with van der Waals surface area (Å²) in [5, 5.41) is 8.91. The monoisotopic (exact) mass is 520 g/mol. The Labute approximate surface area is 227 Å². The van der Waals surface area contributed by atoms with Gasteiger partial charge in [0.15, 0.2) is 0 Å². The standard InChI is InChI=1S/C30H32N8O/c1-37(2)12-11-31-29-25-17-21(3-9-27(25)32-19-34-29)22-4-10-28-26(18-22)30(35-20-33-28)36-23-5-7-24(8-6-23)38-13-15-39-16-14-38/h3-10,17-20H,11-16H2,1-2H3,(H,31,32,34)(H,33,35,36). The van der Waals surface area contributed by atoms with Gasteiger partial charge in [-0.05, 0) is 73.8 Å². The third kappa shape index (κ3) is 5.59. The van der Waals surface area contributed by atoms with Crippen LogP contribution in [0.15, 0.2) is 73.3 Å². The van der Waals surface area contributed by atoms with Gasteiger partial charge in [0, 0.05) is 48.3 Å². The molecule has 0 radical (unpaired) electrons. The zero-order chi connectivity index (χ0) is 26.6. The number of likely N-dealkylation sites (N-methyl/N-ethyl adjacent to an activating group) is 1. The Kier molecular flexibility index (Phi) is 7.16. The molecule has 3 heterocycles. The SMILES string of the molecule is CN(C)CCNc1ncnc2ccc(-c3ccc4ncnc(Nc5ccc(N6CCOCC6)cc5)c4c3)cc12. The van der Waals surface area contributed by atoms with Crippen molar-refractivity contribution in [1.29, 1.82) is 0 Å². The van der Waals surface area contributed by atoms with Crippen molar-refractivity contribution in [2.45, 2.75) is 0 Å². The molecule has 0 saturated carbocycles. The molecule has 0 atom stereocenters. The molecular formula is C30H32N8O. The van der Waals surface area contributed by atoms with Crippen molar-refractivity contribution in [1.82, 2.24) is 24.8 Å². The van der Waals surface area contributed by atoms with E-state index in [1.54, 1.807) is 12.7 Å². The molecule has 9 heteroatoms. The van der Waals surface area contributed by atoms with E-state index in [0.717, 1.165) is 89.6 Å². The molecule has 198 valence electrons. The highest BCUT2D eigenvalue weighted by molar-refractivity contribution is 5.96.